The maximum atomic E-state index is 10.7. The Morgan fingerprint density at radius 1 is 1.64 bits per heavy atom. The highest BCUT2D eigenvalue weighted by atomic mass is 16.5. The highest BCUT2D eigenvalue weighted by Gasteiger charge is 2.24. The van der Waals surface area contributed by atoms with Crippen LogP contribution in [0.3, 0.4) is 0 Å². The Kier molecular flexibility index (Phi) is 4.07. The number of carbonyl (C=O) groups is 1. The van der Waals surface area contributed by atoms with Crippen LogP contribution in [0.5, 0.6) is 0 Å². The molecule has 0 aliphatic heterocycles. The summed E-state index contributed by atoms with van der Waals surface area (Å²) in [6.45, 7) is 4.60. The zero-order valence-electron chi connectivity index (χ0n) is 7.09. The van der Waals surface area contributed by atoms with E-state index >= 15 is 0 Å². The van der Waals surface area contributed by atoms with Gasteiger partial charge in [0.05, 0.1) is 5.54 Å². The Balaban J connectivity index is 3.64. The first-order valence-electron chi connectivity index (χ1n) is 3.67. The van der Waals surface area contributed by atoms with E-state index in [4.69, 9.17) is 16.2 Å². The average molecular weight is 160 g/mol. The van der Waals surface area contributed by atoms with Gasteiger partial charge in [0.25, 0.3) is 0 Å². The van der Waals surface area contributed by atoms with E-state index in [-0.39, 0.29) is 0 Å². The maximum absolute atomic E-state index is 10.7. The summed E-state index contributed by atoms with van der Waals surface area (Å²) in [7, 11) is 0. The monoisotopic (exact) mass is 160 g/mol. The highest BCUT2D eigenvalue weighted by Crippen LogP contribution is 2.03. The van der Waals surface area contributed by atoms with Crippen molar-refractivity contribution in [3.8, 4) is 0 Å². The second-order valence-corrected chi connectivity index (χ2v) is 2.73. The largest absolute Gasteiger partial charge is 0.382 e. The van der Waals surface area contributed by atoms with Crippen molar-refractivity contribution in [2.45, 2.75) is 25.8 Å². The standard InChI is InChI=1S/C7H16N2O2/c1-3-11-5-4-7(2,9)6(8)10/h3-5,9H2,1-2H3,(H2,8,10). The van der Waals surface area contributed by atoms with E-state index in [1.54, 1.807) is 6.92 Å². The molecule has 0 saturated heterocycles. The van der Waals surface area contributed by atoms with Gasteiger partial charge in [-0.2, -0.15) is 0 Å². The van der Waals surface area contributed by atoms with E-state index in [1.807, 2.05) is 6.92 Å². The molecule has 0 aromatic heterocycles. The van der Waals surface area contributed by atoms with Crippen molar-refractivity contribution in [3.63, 3.8) is 0 Å². The molecule has 66 valence electrons. The van der Waals surface area contributed by atoms with Gasteiger partial charge in [-0.25, -0.2) is 0 Å². The molecule has 0 saturated carbocycles. The average Bonchev–Trinajstić information content (AvgIpc) is 1.88. The van der Waals surface area contributed by atoms with Crippen LogP contribution < -0.4 is 11.5 Å². The van der Waals surface area contributed by atoms with Crippen LogP contribution in [-0.4, -0.2) is 24.7 Å². The molecule has 0 aliphatic rings. The van der Waals surface area contributed by atoms with E-state index in [2.05, 4.69) is 0 Å². The Labute approximate surface area is 66.9 Å². The lowest BCUT2D eigenvalue weighted by molar-refractivity contribution is -0.123. The Hall–Kier alpha value is -0.610. The molecule has 0 heterocycles. The van der Waals surface area contributed by atoms with Crippen LogP contribution in [0.15, 0.2) is 0 Å². The molecule has 0 bridgehead atoms. The molecular formula is C7H16N2O2. The molecule has 11 heavy (non-hydrogen) atoms. The first-order chi connectivity index (χ1) is 5.00. The second kappa shape index (κ2) is 4.31. The first-order valence-corrected chi connectivity index (χ1v) is 3.67. The zero-order valence-corrected chi connectivity index (χ0v) is 7.09. The third-order valence-electron chi connectivity index (χ3n) is 1.53. The van der Waals surface area contributed by atoms with E-state index in [1.165, 1.54) is 0 Å². The van der Waals surface area contributed by atoms with E-state index in [0.717, 1.165) is 0 Å². The summed E-state index contributed by atoms with van der Waals surface area (Å²) in [4.78, 5) is 10.7. The molecule has 1 amide bonds. The van der Waals surface area contributed by atoms with Crippen molar-refractivity contribution in [2.75, 3.05) is 13.2 Å². The summed E-state index contributed by atoms with van der Waals surface area (Å²) >= 11 is 0. The predicted octanol–water partition coefficient (Wildman–Crippen LogP) is -0.384. The number of hydrogen-bond donors (Lipinski definition) is 2. The van der Waals surface area contributed by atoms with Crippen molar-refractivity contribution >= 4 is 5.91 Å². The van der Waals surface area contributed by atoms with Gasteiger partial charge in [-0.15, -0.1) is 0 Å². The van der Waals surface area contributed by atoms with Crippen LogP contribution in [0, 0.1) is 0 Å². The first kappa shape index (κ1) is 10.4. The lowest BCUT2D eigenvalue weighted by Gasteiger charge is -2.19. The molecule has 0 radical (unpaired) electrons. The van der Waals surface area contributed by atoms with Gasteiger partial charge in [-0.1, -0.05) is 0 Å². The number of rotatable bonds is 5. The van der Waals surface area contributed by atoms with Crippen molar-refractivity contribution < 1.29 is 9.53 Å². The molecule has 4 N–H and O–H groups in total. The minimum Gasteiger partial charge on any atom is -0.382 e. The number of carbonyl (C=O) groups excluding carboxylic acids is 1. The Morgan fingerprint density at radius 2 is 2.18 bits per heavy atom. The van der Waals surface area contributed by atoms with Gasteiger partial charge in [0.1, 0.15) is 0 Å². The van der Waals surface area contributed by atoms with Gasteiger partial charge in [0, 0.05) is 13.2 Å². The van der Waals surface area contributed by atoms with Crippen LogP contribution in [0.2, 0.25) is 0 Å². The molecule has 1 atom stereocenters. The van der Waals surface area contributed by atoms with Gasteiger partial charge < -0.3 is 16.2 Å². The highest BCUT2D eigenvalue weighted by molar-refractivity contribution is 5.83. The second-order valence-electron chi connectivity index (χ2n) is 2.73. The summed E-state index contributed by atoms with van der Waals surface area (Å²) in [6, 6.07) is 0. The van der Waals surface area contributed by atoms with Crippen molar-refractivity contribution in [1.29, 1.82) is 0 Å². The van der Waals surface area contributed by atoms with Crippen LogP contribution in [0.4, 0.5) is 0 Å². The topological polar surface area (TPSA) is 78.3 Å². The van der Waals surface area contributed by atoms with E-state index in [0.29, 0.717) is 19.6 Å². The van der Waals surface area contributed by atoms with Crippen LogP contribution in [0.25, 0.3) is 0 Å². The van der Waals surface area contributed by atoms with Gasteiger partial charge in [-0.3, -0.25) is 4.79 Å². The van der Waals surface area contributed by atoms with Crippen molar-refractivity contribution in [3.05, 3.63) is 0 Å². The molecular weight excluding hydrogens is 144 g/mol. The van der Waals surface area contributed by atoms with Gasteiger partial charge >= 0.3 is 0 Å². The molecule has 0 aromatic carbocycles. The summed E-state index contributed by atoms with van der Waals surface area (Å²) in [6.07, 6.45) is 0.468. The number of hydrogen-bond acceptors (Lipinski definition) is 3. The molecule has 0 rings (SSSR count). The summed E-state index contributed by atoms with van der Waals surface area (Å²) in [5.41, 5.74) is 9.64. The Bertz CT molecular complexity index is 134. The number of amides is 1. The lowest BCUT2D eigenvalue weighted by atomic mass is 9.99. The molecule has 0 fully saturated rings. The number of nitrogens with two attached hydrogens (primary N) is 2. The normalized spacial score (nSPS) is 15.9. The SMILES string of the molecule is CCOCCC(C)(N)C(N)=O. The molecule has 0 aliphatic carbocycles. The van der Waals surface area contributed by atoms with Gasteiger partial charge in [-0.05, 0) is 20.3 Å². The van der Waals surface area contributed by atoms with E-state index < -0.39 is 11.4 Å². The summed E-state index contributed by atoms with van der Waals surface area (Å²) < 4.78 is 5.03. The smallest absolute Gasteiger partial charge is 0.237 e. The van der Waals surface area contributed by atoms with Crippen molar-refractivity contribution in [1.82, 2.24) is 0 Å². The molecule has 4 heteroatoms. The molecule has 0 aromatic rings. The fourth-order valence-electron chi connectivity index (χ4n) is 0.552. The Morgan fingerprint density at radius 3 is 2.55 bits per heavy atom. The minimum absolute atomic E-state index is 0.468. The van der Waals surface area contributed by atoms with E-state index in [9.17, 15) is 4.79 Å². The maximum Gasteiger partial charge on any atom is 0.237 e. The summed E-state index contributed by atoms with van der Waals surface area (Å²) in [5, 5.41) is 0. The van der Waals surface area contributed by atoms with Gasteiger partial charge in [0.2, 0.25) is 5.91 Å². The van der Waals surface area contributed by atoms with Crippen LogP contribution in [-0.2, 0) is 9.53 Å². The fraction of sp³-hybridized carbons (Fsp3) is 0.857. The lowest BCUT2D eigenvalue weighted by Crippen LogP contribution is -2.49. The third-order valence-corrected chi connectivity index (χ3v) is 1.53. The summed E-state index contributed by atoms with van der Waals surface area (Å²) in [5.74, 6) is -0.489. The predicted molar refractivity (Wildman–Crippen MR) is 42.9 cm³/mol. The van der Waals surface area contributed by atoms with Crippen LogP contribution in [0.1, 0.15) is 20.3 Å². The fourth-order valence-corrected chi connectivity index (χ4v) is 0.552. The zero-order chi connectivity index (χ0) is 8.91. The number of ether oxygens (including phenoxy) is 1. The molecule has 0 spiro atoms. The number of primary amides is 1. The van der Waals surface area contributed by atoms with Crippen LogP contribution >= 0.6 is 0 Å². The quantitative estimate of drug-likeness (QED) is 0.538. The molecule has 1 unspecified atom stereocenters. The minimum atomic E-state index is -0.935. The third kappa shape index (κ3) is 3.95. The van der Waals surface area contributed by atoms with Crippen molar-refractivity contribution in [2.24, 2.45) is 11.5 Å². The molecule has 4 nitrogen and oxygen atoms in total. The van der Waals surface area contributed by atoms with Gasteiger partial charge in [0.15, 0.2) is 0 Å².